The van der Waals surface area contributed by atoms with Gasteiger partial charge in [-0.15, -0.1) is 0 Å². The number of methoxy groups -OCH3 is 1. The SMILES string of the molecule is COC1C(C(=O)O)C12CCOCC2. The van der Waals surface area contributed by atoms with Gasteiger partial charge in [0.15, 0.2) is 0 Å². The molecule has 1 aliphatic heterocycles. The summed E-state index contributed by atoms with van der Waals surface area (Å²) in [5.41, 5.74) is -0.112. The predicted octanol–water partition coefficient (Wildman–Crippen LogP) is 0.513. The van der Waals surface area contributed by atoms with E-state index in [0.717, 1.165) is 12.8 Å². The van der Waals surface area contributed by atoms with Crippen LogP contribution in [0.15, 0.2) is 0 Å². The quantitative estimate of drug-likeness (QED) is 0.682. The Labute approximate surface area is 76.8 Å². The molecule has 0 amide bonds. The van der Waals surface area contributed by atoms with Crippen molar-refractivity contribution in [1.29, 1.82) is 0 Å². The first-order valence-corrected chi connectivity index (χ1v) is 4.56. The monoisotopic (exact) mass is 186 g/mol. The Hall–Kier alpha value is -0.610. The molecule has 74 valence electrons. The molecule has 4 nitrogen and oxygen atoms in total. The summed E-state index contributed by atoms with van der Waals surface area (Å²) in [6.45, 7) is 1.34. The first-order chi connectivity index (χ1) is 6.22. The number of rotatable bonds is 2. The standard InChI is InChI=1S/C9H14O4/c1-12-7-6(8(10)11)9(7)2-4-13-5-3-9/h6-7H,2-5H2,1H3,(H,10,11). The first-order valence-electron chi connectivity index (χ1n) is 4.56. The third-order valence-corrected chi connectivity index (χ3v) is 3.32. The highest BCUT2D eigenvalue weighted by atomic mass is 16.5. The molecule has 0 bridgehead atoms. The molecule has 1 spiro atoms. The van der Waals surface area contributed by atoms with Crippen LogP contribution in [0.3, 0.4) is 0 Å². The third-order valence-electron chi connectivity index (χ3n) is 3.32. The van der Waals surface area contributed by atoms with Gasteiger partial charge in [0.2, 0.25) is 0 Å². The fraction of sp³-hybridized carbons (Fsp3) is 0.889. The molecule has 1 saturated carbocycles. The number of aliphatic carboxylic acids is 1. The molecule has 0 aromatic rings. The van der Waals surface area contributed by atoms with E-state index >= 15 is 0 Å². The average Bonchev–Trinajstić information content (AvgIpc) is 2.74. The summed E-state index contributed by atoms with van der Waals surface area (Å²) in [6.07, 6.45) is 1.55. The van der Waals surface area contributed by atoms with E-state index in [1.54, 1.807) is 7.11 Å². The summed E-state index contributed by atoms with van der Waals surface area (Å²) in [5, 5.41) is 8.95. The van der Waals surface area contributed by atoms with Crippen LogP contribution < -0.4 is 0 Å². The van der Waals surface area contributed by atoms with Crippen molar-refractivity contribution in [3.63, 3.8) is 0 Å². The molecule has 1 aliphatic carbocycles. The summed E-state index contributed by atoms with van der Waals surface area (Å²) in [7, 11) is 1.59. The fourth-order valence-corrected chi connectivity index (χ4v) is 2.55. The van der Waals surface area contributed by atoms with Crippen molar-refractivity contribution in [3.8, 4) is 0 Å². The van der Waals surface area contributed by atoms with Crippen LogP contribution in [0.4, 0.5) is 0 Å². The molecule has 1 heterocycles. The number of carboxylic acid groups (broad SMARTS) is 1. The van der Waals surface area contributed by atoms with Crippen LogP contribution >= 0.6 is 0 Å². The van der Waals surface area contributed by atoms with E-state index in [0.29, 0.717) is 13.2 Å². The van der Waals surface area contributed by atoms with Gasteiger partial charge < -0.3 is 14.6 Å². The van der Waals surface area contributed by atoms with Gasteiger partial charge in [-0.1, -0.05) is 0 Å². The topological polar surface area (TPSA) is 55.8 Å². The van der Waals surface area contributed by atoms with E-state index in [2.05, 4.69) is 0 Å². The summed E-state index contributed by atoms with van der Waals surface area (Å²) in [4.78, 5) is 10.9. The number of carbonyl (C=O) groups is 1. The maximum Gasteiger partial charge on any atom is 0.309 e. The van der Waals surface area contributed by atoms with Crippen molar-refractivity contribution >= 4 is 5.97 Å². The molecule has 13 heavy (non-hydrogen) atoms. The lowest BCUT2D eigenvalue weighted by Crippen LogP contribution is -2.22. The van der Waals surface area contributed by atoms with Crippen LogP contribution in [0.5, 0.6) is 0 Å². The summed E-state index contributed by atoms with van der Waals surface area (Å²) >= 11 is 0. The Balaban J connectivity index is 2.10. The summed E-state index contributed by atoms with van der Waals surface area (Å²) < 4.78 is 10.4. The molecule has 1 saturated heterocycles. The van der Waals surface area contributed by atoms with Gasteiger partial charge in [0.05, 0.1) is 12.0 Å². The van der Waals surface area contributed by atoms with Crippen LogP contribution in [0, 0.1) is 11.3 Å². The van der Waals surface area contributed by atoms with Gasteiger partial charge in [-0.2, -0.15) is 0 Å². The zero-order chi connectivity index (χ0) is 9.47. The van der Waals surface area contributed by atoms with Crippen LogP contribution in [-0.2, 0) is 14.3 Å². The second-order valence-electron chi connectivity index (χ2n) is 3.82. The lowest BCUT2D eigenvalue weighted by molar-refractivity contribution is -0.140. The van der Waals surface area contributed by atoms with Crippen molar-refractivity contribution < 1.29 is 19.4 Å². The van der Waals surface area contributed by atoms with E-state index in [4.69, 9.17) is 14.6 Å². The summed E-state index contributed by atoms with van der Waals surface area (Å²) in [5.74, 6) is -1.03. The van der Waals surface area contributed by atoms with Crippen molar-refractivity contribution in [2.45, 2.75) is 18.9 Å². The van der Waals surface area contributed by atoms with Gasteiger partial charge in [-0.25, -0.2) is 0 Å². The van der Waals surface area contributed by atoms with Gasteiger partial charge >= 0.3 is 5.97 Å². The van der Waals surface area contributed by atoms with E-state index in [1.165, 1.54) is 0 Å². The minimum absolute atomic E-state index is 0.0890. The molecule has 2 fully saturated rings. The van der Waals surface area contributed by atoms with Crippen molar-refractivity contribution in [2.75, 3.05) is 20.3 Å². The molecular weight excluding hydrogens is 172 g/mol. The average molecular weight is 186 g/mol. The Morgan fingerprint density at radius 2 is 2.15 bits per heavy atom. The number of hydrogen-bond donors (Lipinski definition) is 1. The van der Waals surface area contributed by atoms with Crippen molar-refractivity contribution in [2.24, 2.45) is 11.3 Å². The lowest BCUT2D eigenvalue weighted by atomic mass is 9.93. The third kappa shape index (κ3) is 1.16. The summed E-state index contributed by atoms with van der Waals surface area (Å²) in [6, 6.07) is 0. The first kappa shape index (κ1) is 8.97. The van der Waals surface area contributed by atoms with E-state index in [-0.39, 0.29) is 17.4 Å². The second-order valence-corrected chi connectivity index (χ2v) is 3.82. The van der Waals surface area contributed by atoms with Gasteiger partial charge in [-0.05, 0) is 12.8 Å². The number of hydrogen-bond acceptors (Lipinski definition) is 3. The molecule has 2 atom stereocenters. The highest BCUT2D eigenvalue weighted by molar-refractivity contribution is 5.76. The zero-order valence-electron chi connectivity index (χ0n) is 7.66. The Morgan fingerprint density at radius 1 is 1.54 bits per heavy atom. The second kappa shape index (κ2) is 2.96. The molecule has 4 heteroatoms. The maximum atomic E-state index is 10.9. The van der Waals surface area contributed by atoms with Crippen LogP contribution in [0.2, 0.25) is 0 Å². The van der Waals surface area contributed by atoms with Gasteiger partial charge in [-0.3, -0.25) is 4.79 Å². The molecule has 2 unspecified atom stereocenters. The minimum atomic E-state index is -0.728. The smallest absolute Gasteiger partial charge is 0.309 e. The zero-order valence-corrected chi connectivity index (χ0v) is 7.66. The van der Waals surface area contributed by atoms with Gasteiger partial charge in [0.25, 0.3) is 0 Å². The normalized spacial score (nSPS) is 36.1. The molecular formula is C9H14O4. The van der Waals surface area contributed by atoms with Crippen molar-refractivity contribution in [3.05, 3.63) is 0 Å². The van der Waals surface area contributed by atoms with Crippen LogP contribution in [-0.4, -0.2) is 37.5 Å². The molecule has 2 rings (SSSR count). The minimum Gasteiger partial charge on any atom is -0.481 e. The number of carboxylic acids is 1. The van der Waals surface area contributed by atoms with E-state index in [1.807, 2.05) is 0 Å². The van der Waals surface area contributed by atoms with Gasteiger partial charge in [0.1, 0.15) is 0 Å². The highest BCUT2D eigenvalue weighted by Gasteiger charge is 2.69. The molecule has 0 aromatic heterocycles. The molecule has 1 N–H and O–H groups in total. The predicted molar refractivity (Wildman–Crippen MR) is 44.4 cm³/mol. The lowest BCUT2D eigenvalue weighted by Gasteiger charge is -2.22. The van der Waals surface area contributed by atoms with E-state index < -0.39 is 5.97 Å². The fourth-order valence-electron chi connectivity index (χ4n) is 2.55. The molecule has 0 aromatic carbocycles. The maximum absolute atomic E-state index is 10.9. The Morgan fingerprint density at radius 3 is 2.54 bits per heavy atom. The Bertz CT molecular complexity index is 220. The van der Waals surface area contributed by atoms with E-state index in [9.17, 15) is 4.79 Å². The van der Waals surface area contributed by atoms with Crippen LogP contribution in [0.25, 0.3) is 0 Å². The molecule has 0 radical (unpaired) electrons. The van der Waals surface area contributed by atoms with Crippen LogP contribution in [0.1, 0.15) is 12.8 Å². The number of ether oxygens (including phenoxy) is 2. The highest BCUT2D eigenvalue weighted by Crippen LogP contribution is 2.60. The van der Waals surface area contributed by atoms with Gasteiger partial charge in [0, 0.05) is 25.7 Å². The molecule has 2 aliphatic rings. The van der Waals surface area contributed by atoms with Crippen molar-refractivity contribution in [1.82, 2.24) is 0 Å². The Kier molecular flexibility index (Phi) is 2.04. The largest absolute Gasteiger partial charge is 0.481 e.